The molecule has 2 aliphatic heterocycles. The summed E-state index contributed by atoms with van der Waals surface area (Å²) in [6, 6.07) is 11.3. The predicted molar refractivity (Wildman–Crippen MR) is 64.1 cm³/mol. The third-order valence-electron chi connectivity index (χ3n) is 4.44. The lowest BCUT2D eigenvalue weighted by molar-refractivity contribution is -0.0493. The van der Waals surface area contributed by atoms with Gasteiger partial charge >= 0.3 is 0 Å². The molecule has 0 saturated carbocycles. The van der Waals surface area contributed by atoms with Crippen LogP contribution in [0, 0.1) is 0 Å². The van der Waals surface area contributed by atoms with Gasteiger partial charge in [-0.2, -0.15) is 0 Å². The molecule has 1 N–H and O–H groups in total. The number of rotatable bonds is 1. The fraction of sp³-hybridized carbons (Fsp3) is 0.571. The summed E-state index contributed by atoms with van der Waals surface area (Å²) in [5.74, 6) is 0. The van der Waals surface area contributed by atoms with Crippen LogP contribution in [0.5, 0.6) is 0 Å². The molecule has 2 fully saturated rings. The standard InChI is InChI=1S/C14H19NO/c1-15-12-7-8-13(15)10-14(16,9-12)11-5-3-2-4-6-11/h2-6,12-13,16H,7-10H2,1H3/t12-,13-/m1/s1. The van der Waals surface area contributed by atoms with Crippen molar-refractivity contribution in [3.05, 3.63) is 35.9 Å². The molecule has 0 radical (unpaired) electrons. The molecular weight excluding hydrogens is 198 g/mol. The fourth-order valence-corrected chi connectivity index (χ4v) is 3.43. The van der Waals surface area contributed by atoms with Crippen LogP contribution in [0.4, 0.5) is 0 Å². The van der Waals surface area contributed by atoms with Gasteiger partial charge in [0, 0.05) is 12.1 Å². The van der Waals surface area contributed by atoms with Crippen molar-refractivity contribution in [3.8, 4) is 0 Å². The highest BCUT2D eigenvalue weighted by Gasteiger charge is 2.46. The molecule has 2 atom stereocenters. The van der Waals surface area contributed by atoms with Crippen molar-refractivity contribution in [1.29, 1.82) is 0 Å². The lowest BCUT2D eigenvalue weighted by Crippen LogP contribution is -2.47. The smallest absolute Gasteiger partial charge is 0.0926 e. The second-order valence-corrected chi connectivity index (χ2v) is 5.36. The third-order valence-corrected chi connectivity index (χ3v) is 4.44. The Labute approximate surface area is 96.9 Å². The first-order valence-corrected chi connectivity index (χ1v) is 6.19. The van der Waals surface area contributed by atoms with Gasteiger partial charge in [-0.1, -0.05) is 30.3 Å². The largest absolute Gasteiger partial charge is 0.385 e. The molecule has 2 bridgehead atoms. The van der Waals surface area contributed by atoms with E-state index in [0.29, 0.717) is 12.1 Å². The van der Waals surface area contributed by atoms with Crippen LogP contribution in [0.2, 0.25) is 0 Å². The van der Waals surface area contributed by atoms with Gasteiger partial charge in [0.25, 0.3) is 0 Å². The van der Waals surface area contributed by atoms with Gasteiger partial charge in [-0.05, 0) is 38.3 Å². The van der Waals surface area contributed by atoms with E-state index in [1.165, 1.54) is 12.8 Å². The Balaban J connectivity index is 1.91. The van der Waals surface area contributed by atoms with Crippen molar-refractivity contribution in [1.82, 2.24) is 4.90 Å². The molecule has 0 aromatic heterocycles. The van der Waals surface area contributed by atoms with E-state index in [2.05, 4.69) is 24.1 Å². The zero-order chi connectivity index (χ0) is 11.2. The minimum Gasteiger partial charge on any atom is -0.385 e. The molecule has 2 heterocycles. The van der Waals surface area contributed by atoms with E-state index in [0.717, 1.165) is 18.4 Å². The van der Waals surface area contributed by atoms with Crippen molar-refractivity contribution in [3.63, 3.8) is 0 Å². The van der Waals surface area contributed by atoms with E-state index in [4.69, 9.17) is 0 Å². The van der Waals surface area contributed by atoms with Crippen molar-refractivity contribution >= 4 is 0 Å². The Bertz CT molecular complexity index is 362. The minimum atomic E-state index is -0.584. The summed E-state index contributed by atoms with van der Waals surface area (Å²) in [6.45, 7) is 0. The molecule has 16 heavy (non-hydrogen) atoms. The molecule has 86 valence electrons. The number of aliphatic hydroxyl groups is 1. The molecular formula is C14H19NO. The summed E-state index contributed by atoms with van der Waals surface area (Å²) in [7, 11) is 2.20. The van der Waals surface area contributed by atoms with E-state index in [9.17, 15) is 5.11 Å². The maximum absolute atomic E-state index is 10.8. The van der Waals surface area contributed by atoms with Gasteiger partial charge in [0.15, 0.2) is 0 Å². The molecule has 2 nitrogen and oxygen atoms in total. The van der Waals surface area contributed by atoms with Gasteiger partial charge in [0.1, 0.15) is 0 Å². The number of fused-ring (bicyclic) bond motifs is 2. The highest BCUT2D eigenvalue weighted by molar-refractivity contribution is 5.24. The second-order valence-electron chi connectivity index (χ2n) is 5.36. The van der Waals surface area contributed by atoms with E-state index in [1.54, 1.807) is 0 Å². The molecule has 0 amide bonds. The number of nitrogens with zero attached hydrogens (tertiary/aromatic N) is 1. The quantitative estimate of drug-likeness (QED) is 0.779. The Hall–Kier alpha value is -0.860. The first-order chi connectivity index (χ1) is 7.69. The van der Waals surface area contributed by atoms with Gasteiger partial charge in [0.05, 0.1) is 5.60 Å². The Morgan fingerprint density at radius 3 is 2.25 bits per heavy atom. The lowest BCUT2D eigenvalue weighted by atomic mass is 9.81. The maximum atomic E-state index is 10.8. The van der Waals surface area contributed by atoms with E-state index < -0.39 is 5.60 Å². The van der Waals surface area contributed by atoms with Crippen LogP contribution in [-0.2, 0) is 5.60 Å². The Kier molecular flexibility index (Phi) is 2.30. The average Bonchev–Trinajstić information content (AvgIpc) is 2.54. The monoisotopic (exact) mass is 217 g/mol. The molecule has 0 unspecified atom stereocenters. The highest BCUT2D eigenvalue weighted by atomic mass is 16.3. The Morgan fingerprint density at radius 2 is 1.69 bits per heavy atom. The van der Waals surface area contributed by atoms with Crippen molar-refractivity contribution in [2.75, 3.05) is 7.05 Å². The summed E-state index contributed by atoms with van der Waals surface area (Å²) in [4.78, 5) is 2.46. The van der Waals surface area contributed by atoms with Crippen molar-refractivity contribution in [2.24, 2.45) is 0 Å². The second kappa shape index (κ2) is 3.57. The van der Waals surface area contributed by atoms with Gasteiger partial charge in [-0.15, -0.1) is 0 Å². The van der Waals surface area contributed by atoms with Gasteiger partial charge < -0.3 is 10.0 Å². The van der Waals surface area contributed by atoms with Crippen LogP contribution in [0.3, 0.4) is 0 Å². The first kappa shape index (κ1) is 10.3. The summed E-state index contributed by atoms with van der Waals surface area (Å²) in [5, 5.41) is 10.8. The number of piperidine rings is 1. The summed E-state index contributed by atoms with van der Waals surface area (Å²) in [6.07, 6.45) is 4.28. The van der Waals surface area contributed by atoms with Gasteiger partial charge in [-0.25, -0.2) is 0 Å². The molecule has 0 aliphatic carbocycles. The molecule has 2 aliphatic rings. The van der Waals surface area contributed by atoms with E-state index in [1.807, 2.05) is 18.2 Å². The van der Waals surface area contributed by atoms with Crippen LogP contribution >= 0.6 is 0 Å². The summed E-state index contributed by atoms with van der Waals surface area (Å²) in [5.41, 5.74) is 0.513. The van der Waals surface area contributed by atoms with Crippen molar-refractivity contribution < 1.29 is 5.11 Å². The summed E-state index contributed by atoms with van der Waals surface area (Å²) >= 11 is 0. The van der Waals surface area contributed by atoms with Gasteiger partial charge in [0.2, 0.25) is 0 Å². The number of hydrogen-bond acceptors (Lipinski definition) is 2. The fourth-order valence-electron chi connectivity index (χ4n) is 3.43. The predicted octanol–water partition coefficient (Wildman–Crippen LogP) is 2.13. The van der Waals surface area contributed by atoms with Crippen LogP contribution in [0.1, 0.15) is 31.2 Å². The molecule has 1 aromatic carbocycles. The first-order valence-electron chi connectivity index (χ1n) is 6.19. The number of hydrogen-bond donors (Lipinski definition) is 1. The van der Waals surface area contributed by atoms with E-state index >= 15 is 0 Å². The topological polar surface area (TPSA) is 23.5 Å². The van der Waals surface area contributed by atoms with Crippen molar-refractivity contribution in [2.45, 2.75) is 43.4 Å². The molecule has 3 rings (SSSR count). The molecule has 2 saturated heterocycles. The van der Waals surface area contributed by atoms with Crippen LogP contribution in [-0.4, -0.2) is 29.1 Å². The molecule has 1 aromatic rings. The SMILES string of the molecule is CN1[C@@H]2CC[C@@H]1CC(O)(c1ccccc1)C2. The normalized spacial score (nSPS) is 38.9. The van der Waals surface area contributed by atoms with Gasteiger partial charge in [-0.3, -0.25) is 0 Å². The third kappa shape index (κ3) is 1.48. The van der Waals surface area contributed by atoms with Crippen LogP contribution in [0.15, 0.2) is 30.3 Å². The van der Waals surface area contributed by atoms with Crippen LogP contribution in [0.25, 0.3) is 0 Å². The average molecular weight is 217 g/mol. The van der Waals surface area contributed by atoms with E-state index in [-0.39, 0.29) is 0 Å². The minimum absolute atomic E-state index is 0.573. The molecule has 2 heteroatoms. The summed E-state index contributed by atoms with van der Waals surface area (Å²) < 4.78 is 0. The van der Waals surface area contributed by atoms with Crippen LogP contribution < -0.4 is 0 Å². The maximum Gasteiger partial charge on any atom is 0.0926 e. The molecule has 0 spiro atoms. The highest BCUT2D eigenvalue weighted by Crippen LogP contribution is 2.44. The lowest BCUT2D eigenvalue weighted by Gasteiger charge is -2.42. The number of benzene rings is 1. The zero-order valence-corrected chi connectivity index (χ0v) is 9.76. The zero-order valence-electron chi connectivity index (χ0n) is 9.76. The Morgan fingerprint density at radius 1 is 1.12 bits per heavy atom.